The summed E-state index contributed by atoms with van der Waals surface area (Å²) in [6, 6.07) is 24.3. The van der Waals surface area contributed by atoms with Gasteiger partial charge in [0.1, 0.15) is 5.75 Å². The molecular formula is C21H18ClNO2. The van der Waals surface area contributed by atoms with Crippen molar-refractivity contribution in [2.45, 2.75) is 6.42 Å². The number of carbonyl (C=O) groups is 1. The molecule has 0 atom stereocenters. The second-order valence-corrected chi connectivity index (χ2v) is 6.01. The van der Waals surface area contributed by atoms with Crippen LogP contribution in [0.4, 0.5) is 5.69 Å². The highest BCUT2D eigenvalue weighted by Gasteiger charge is 2.06. The molecule has 0 unspecified atom stereocenters. The van der Waals surface area contributed by atoms with Crippen molar-refractivity contribution in [1.29, 1.82) is 0 Å². The summed E-state index contributed by atoms with van der Waals surface area (Å²) in [5.74, 6) is 0.581. The van der Waals surface area contributed by atoms with Crippen molar-refractivity contribution in [1.82, 2.24) is 0 Å². The van der Waals surface area contributed by atoms with Crippen LogP contribution in [0.5, 0.6) is 5.75 Å². The van der Waals surface area contributed by atoms with Crippen LogP contribution >= 0.6 is 11.6 Å². The molecule has 0 saturated heterocycles. The van der Waals surface area contributed by atoms with Crippen LogP contribution in [0.2, 0.25) is 5.02 Å². The topological polar surface area (TPSA) is 38.3 Å². The van der Waals surface area contributed by atoms with Crippen LogP contribution in [-0.4, -0.2) is 12.5 Å². The number of ether oxygens (including phenoxy) is 1. The van der Waals surface area contributed by atoms with Crippen molar-refractivity contribution in [3.05, 3.63) is 95.0 Å². The van der Waals surface area contributed by atoms with E-state index >= 15 is 0 Å². The van der Waals surface area contributed by atoms with Gasteiger partial charge < -0.3 is 10.1 Å². The number of nitrogens with one attached hydrogen (secondary N) is 1. The summed E-state index contributed by atoms with van der Waals surface area (Å²) in [4.78, 5) is 12.2. The second kappa shape index (κ2) is 8.36. The van der Waals surface area contributed by atoms with Crippen LogP contribution in [0, 0.1) is 0 Å². The molecule has 0 fully saturated rings. The zero-order valence-electron chi connectivity index (χ0n) is 13.6. The molecule has 0 aromatic heterocycles. The number of anilines is 1. The average molecular weight is 352 g/mol. The molecule has 1 N–H and O–H groups in total. The molecular weight excluding hydrogens is 334 g/mol. The molecule has 0 aliphatic carbocycles. The van der Waals surface area contributed by atoms with Crippen molar-refractivity contribution in [2.24, 2.45) is 0 Å². The molecule has 0 saturated carbocycles. The van der Waals surface area contributed by atoms with E-state index in [1.807, 2.05) is 30.3 Å². The van der Waals surface area contributed by atoms with E-state index in [2.05, 4.69) is 17.4 Å². The second-order valence-electron chi connectivity index (χ2n) is 5.57. The van der Waals surface area contributed by atoms with Gasteiger partial charge >= 0.3 is 0 Å². The maximum absolute atomic E-state index is 12.2. The van der Waals surface area contributed by atoms with Gasteiger partial charge in [0, 0.05) is 22.7 Å². The first-order valence-corrected chi connectivity index (χ1v) is 8.42. The molecule has 0 spiro atoms. The number of hydrogen-bond acceptors (Lipinski definition) is 2. The molecule has 3 nitrogen and oxygen atoms in total. The van der Waals surface area contributed by atoms with Gasteiger partial charge in [-0.1, -0.05) is 41.9 Å². The first kappa shape index (κ1) is 17.1. The molecule has 1 amide bonds. The molecule has 0 aliphatic rings. The maximum Gasteiger partial charge on any atom is 0.255 e. The van der Waals surface area contributed by atoms with E-state index in [1.54, 1.807) is 36.4 Å². The fourth-order valence-corrected chi connectivity index (χ4v) is 2.50. The monoisotopic (exact) mass is 351 g/mol. The minimum Gasteiger partial charge on any atom is -0.493 e. The standard InChI is InChI=1S/C21H18ClNO2/c22-18-8-10-19(11-9-18)23-21(24)17-6-12-20(13-7-17)25-15-14-16-4-2-1-3-5-16/h1-13H,14-15H2,(H,23,24). The molecule has 0 aliphatic heterocycles. The highest BCUT2D eigenvalue weighted by molar-refractivity contribution is 6.30. The Bertz CT molecular complexity index is 815. The highest BCUT2D eigenvalue weighted by Crippen LogP contribution is 2.16. The zero-order chi connectivity index (χ0) is 17.5. The quantitative estimate of drug-likeness (QED) is 0.661. The molecule has 4 heteroatoms. The van der Waals surface area contributed by atoms with Crippen molar-refractivity contribution in [2.75, 3.05) is 11.9 Å². The summed E-state index contributed by atoms with van der Waals surface area (Å²) in [5.41, 5.74) is 2.52. The largest absolute Gasteiger partial charge is 0.493 e. The van der Waals surface area contributed by atoms with E-state index < -0.39 is 0 Å². The van der Waals surface area contributed by atoms with Crippen LogP contribution in [0.3, 0.4) is 0 Å². The lowest BCUT2D eigenvalue weighted by molar-refractivity contribution is 0.102. The lowest BCUT2D eigenvalue weighted by Gasteiger charge is -2.08. The molecule has 25 heavy (non-hydrogen) atoms. The Balaban J connectivity index is 1.52. The molecule has 3 aromatic rings. The predicted molar refractivity (Wildman–Crippen MR) is 101 cm³/mol. The van der Waals surface area contributed by atoms with Crippen molar-refractivity contribution in [3.63, 3.8) is 0 Å². The summed E-state index contributed by atoms with van der Waals surface area (Å²) >= 11 is 5.84. The van der Waals surface area contributed by atoms with E-state index in [1.165, 1.54) is 5.56 Å². The third-order valence-electron chi connectivity index (χ3n) is 3.72. The van der Waals surface area contributed by atoms with Crippen LogP contribution in [0.15, 0.2) is 78.9 Å². The van der Waals surface area contributed by atoms with E-state index in [9.17, 15) is 4.79 Å². The van der Waals surface area contributed by atoms with Gasteiger partial charge in [0.25, 0.3) is 5.91 Å². The lowest BCUT2D eigenvalue weighted by Crippen LogP contribution is -2.11. The number of benzene rings is 3. The minimum absolute atomic E-state index is 0.168. The van der Waals surface area contributed by atoms with Crippen LogP contribution in [0.25, 0.3) is 0 Å². The van der Waals surface area contributed by atoms with Gasteiger partial charge in [-0.25, -0.2) is 0 Å². The summed E-state index contributed by atoms with van der Waals surface area (Å²) in [7, 11) is 0. The van der Waals surface area contributed by atoms with Gasteiger partial charge in [-0.15, -0.1) is 0 Å². The number of hydrogen-bond donors (Lipinski definition) is 1. The lowest BCUT2D eigenvalue weighted by atomic mass is 10.2. The van der Waals surface area contributed by atoms with Gasteiger partial charge in [-0.3, -0.25) is 4.79 Å². The van der Waals surface area contributed by atoms with Gasteiger partial charge in [0.2, 0.25) is 0 Å². The Hall–Kier alpha value is -2.78. The Morgan fingerprint density at radius 2 is 1.56 bits per heavy atom. The minimum atomic E-state index is -0.168. The van der Waals surface area contributed by atoms with Crippen LogP contribution in [-0.2, 0) is 6.42 Å². The SMILES string of the molecule is O=C(Nc1ccc(Cl)cc1)c1ccc(OCCc2ccccc2)cc1. The molecule has 0 heterocycles. The average Bonchev–Trinajstić information content (AvgIpc) is 2.65. The van der Waals surface area contributed by atoms with Crippen molar-refractivity contribution in [3.8, 4) is 5.75 Å². The number of amides is 1. The Labute approximate surface area is 152 Å². The zero-order valence-corrected chi connectivity index (χ0v) is 14.4. The highest BCUT2D eigenvalue weighted by atomic mass is 35.5. The van der Waals surface area contributed by atoms with Gasteiger partial charge in [0.15, 0.2) is 0 Å². The first-order chi connectivity index (χ1) is 12.2. The fourth-order valence-electron chi connectivity index (χ4n) is 2.37. The van der Waals surface area contributed by atoms with Crippen molar-refractivity contribution < 1.29 is 9.53 Å². The number of carbonyl (C=O) groups excluding carboxylic acids is 1. The Kier molecular flexibility index (Phi) is 5.70. The summed E-state index contributed by atoms with van der Waals surface area (Å²) in [6.45, 7) is 0.598. The van der Waals surface area contributed by atoms with E-state index in [0.717, 1.165) is 12.2 Å². The predicted octanol–water partition coefficient (Wildman–Crippen LogP) is 5.21. The molecule has 0 bridgehead atoms. The smallest absolute Gasteiger partial charge is 0.255 e. The van der Waals surface area contributed by atoms with Gasteiger partial charge in [-0.05, 0) is 54.1 Å². The first-order valence-electron chi connectivity index (χ1n) is 8.04. The molecule has 0 radical (unpaired) electrons. The summed E-state index contributed by atoms with van der Waals surface area (Å²) < 4.78 is 5.73. The third-order valence-corrected chi connectivity index (χ3v) is 3.97. The number of rotatable bonds is 6. The molecule has 3 aromatic carbocycles. The van der Waals surface area contributed by atoms with Gasteiger partial charge in [-0.2, -0.15) is 0 Å². The molecule has 126 valence electrons. The molecule has 3 rings (SSSR count). The van der Waals surface area contributed by atoms with Crippen LogP contribution in [0.1, 0.15) is 15.9 Å². The normalized spacial score (nSPS) is 10.3. The van der Waals surface area contributed by atoms with E-state index in [4.69, 9.17) is 16.3 Å². The Morgan fingerprint density at radius 1 is 0.880 bits per heavy atom. The van der Waals surface area contributed by atoms with Gasteiger partial charge in [0.05, 0.1) is 6.61 Å². The van der Waals surface area contributed by atoms with Crippen LogP contribution < -0.4 is 10.1 Å². The fraction of sp³-hybridized carbons (Fsp3) is 0.0952. The summed E-state index contributed by atoms with van der Waals surface area (Å²) in [6.07, 6.45) is 0.847. The third kappa shape index (κ3) is 5.10. The number of halogens is 1. The van der Waals surface area contributed by atoms with E-state index in [0.29, 0.717) is 22.9 Å². The summed E-state index contributed by atoms with van der Waals surface area (Å²) in [5, 5.41) is 3.47. The Morgan fingerprint density at radius 3 is 2.24 bits per heavy atom. The van der Waals surface area contributed by atoms with E-state index in [-0.39, 0.29) is 5.91 Å². The van der Waals surface area contributed by atoms with Crippen molar-refractivity contribution >= 4 is 23.2 Å². The maximum atomic E-state index is 12.2.